The van der Waals surface area contributed by atoms with Crippen molar-refractivity contribution in [2.45, 2.75) is 26.8 Å². The largest absolute Gasteiger partial charge is 0.505 e. The molecule has 0 N–H and O–H groups in total. The van der Waals surface area contributed by atoms with Gasteiger partial charge in [0, 0.05) is 25.9 Å². The summed E-state index contributed by atoms with van der Waals surface area (Å²) in [4.78, 5) is 0. The lowest BCUT2D eigenvalue weighted by Crippen LogP contribution is -2.48. The Kier molecular flexibility index (Phi) is 9.22. The summed E-state index contributed by atoms with van der Waals surface area (Å²) in [6.45, 7) is 7.80. The predicted molar refractivity (Wildman–Crippen MR) is 82.1 cm³/mol. The Morgan fingerprint density at radius 1 is 0.833 bits per heavy atom. The highest BCUT2D eigenvalue weighted by molar-refractivity contribution is 6.60. The summed E-state index contributed by atoms with van der Waals surface area (Å²) in [5.74, 6) is 0. The van der Waals surface area contributed by atoms with Crippen LogP contribution in [0.2, 0.25) is 0 Å². The molecule has 0 aromatic heterocycles. The third-order valence-electron chi connectivity index (χ3n) is 2.36. The van der Waals surface area contributed by atoms with Gasteiger partial charge in [-0.2, -0.15) is 0 Å². The van der Waals surface area contributed by atoms with Crippen LogP contribution in [-0.4, -0.2) is 39.6 Å². The second kappa shape index (κ2) is 9.46. The molecular formula is C13H26O3Si2. The van der Waals surface area contributed by atoms with Crippen molar-refractivity contribution in [3.63, 3.8) is 0 Å². The maximum absolute atomic E-state index is 5.81. The highest BCUT2D eigenvalue weighted by Gasteiger charge is 2.40. The van der Waals surface area contributed by atoms with E-state index in [1.54, 1.807) is 0 Å². The van der Waals surface area contributed by atoms with Crippen molar-refractivity contribution < 1.29 is 13.3 Å². The predicted octanol–water partition coefficient (Wildman–Crippen LogP) is 1.37. The summed E-state index contributed by atoms with van der Waals surface area (Å²) in [6, 6.07) is 11.0. The van der Waals surface area contributed by atoms with Crippen LogP contribution in [-0.2, 0) is 19.3 Å². The fraction of sp³-hybridized carbons (Fsp3) is 0.538. The van der Waals surface area contributed by atoms with Gasteiger partial charge in [0.25, 0.3) is 0 Å². The first kappa shape index (κ1) is 17.5. The topological polar surface area (TPSA) is 27.7 Å². The highest BCUT2D eigenvalue weighted by Crippen LogP contribution is 2.16. The van der Waals surface area contributed by atoms with E-state index in [1.165, 1.54) is 5.56 Å². The minimum Gasteiger partial charge on any atom is -0.374 e. The molecule has 0 bridgehead atoms. The van der Waals surface area contributed by atoms with Crippen molar-refractivity contribution in [1.82, 2.24) is 0 Å². The molecule has 5 heteroatoms. The quantitative estimate of drug-likeness (QED) is 0.676. The van der Waals surface area contributed by atoms with Crippen LogP contribution in [0.25, 0.3) is 0 Å². The first-order chi connectivity index (χ1) is 8.26. The first-order valence-electron chi connectivity index (χ1n) is 6.22. The molecule has 0 unspecified atom stereocenters. The Bertz CT molecular complexity index is 289. The van der Waals surface area contributed by atoms with Gasteiger partial charge < -0.3 is 13.3 Å². The van der Waals surface area contributed by atoms with Gasteiger partial charge in [0.05, 0.1) is 0 Å². The minimum atomic E-state index is -2.54. The molecule has 1 rings (SSSR count). The molecule has 0 aliphatic heterocycles. The Hall–Kier alpha value is -0.466. The van der Waals surface area contributed by atoms with E-state index in [0.717, 1.165) is 6.04 Å². The average Bonchev–Trinajstić information content (AvgIpc) is 2.31. The average molecular weight is 287 g/mol. The standard InChI is InChI=1S/C13H22O3Si.H4Si/c1-4-14-17(15-5-2,16-6-3)12-13-10-8-7-9-11-13;/h7-11H,4-6,12H2,1-3H3;1H4. The van der Waals surface area contributed by atoms with Gasteiger partial charge in [-0.15, -0.1) is 0 Å². The van der Waals surface area contributed by atoms with Crippen LogP contribution in [0.1, 0.15) is 26.3 Å². The second-order valence-electron chi connectivity index (χ2n) is 3.64. The van der Waals surface area contributed by atoms with Crippen LogP contribution in [0, 0.1) is 0 Å². The molecule has 1 aromatic rings. The zero-order valence-corrected chi connectivity index (χ0v) is 11.9. The van der Waals surface area contributed by atoms with E-state index in [4.69, 9.17) is 13.3 Å². The van der Waals surface area contributed by atoms with Gasteiger partial charge in [0.1, 0.15) is 0 Å². The molecule has 18 heavy (non-hydrogen) atoms. The van der Waals surface area contributed by atoms with Crippen LogP contribution in [0.15, 0.2) is 30.3 Å². The lowest BCUT2D eigenvalue weighted by Gasteiger charge is -2.28. The zero-order valence-electron chi connectivity index (χ0n) is 10.9. The molecule has 104 valence electrons. The van der Waals surface area contributed by atoms with Crippen molar-refractivity contribution in [3.05, 3.63) is 35.9 Å². The van der Waals surface area contributed by atoms with Crippen molar-refractivity contribution in [2.24, 2.45) is 0 Å². The van der Waals surface area contributed by atoms with E-state index >= 15 is 0 Å². The van der Waals surface area contributed by atoms with Crippen molar-refractivity contribution >= 4 is 19.8 Å². The number of hydrogen-bond donors (Lipinski definition) is 0. The third kappa shape index (κ3) is 5.45. The van der Waals surface area contributed by atoms with Crippen molar-refractivity contribution in [2.75, 3.05) is 19.8 Å². The van der Waals surface area contributed by atoms with Crippen LogP contribution in [0.3, 0.4) is 0 Å². The Labute approximate surface area is 116 Å². The van der Waals surface area contributed by atoms with Crippen molar-refractivity contribution in [3.8, 4) is 0 Å². The smallest absolute Gasteiger partial charge is 0.374 e. The maximum atomic E-state index is 5.81. The van der Waals surface area contributed by atoms with Crippen LogP contribution in [0.4, 0.5) is 0 Å². The van der Waals surface area contributed by atoms with Crippen molar-refractivity contribution in [1.29, 1.82) is 0 Å². The van der Waals surface area contributed by atoms with E-state index in [9.17, 15) is 0 Å². The number of benzene rings is 1. The molecular weight excluding hydrogens is 260 g/mol. The number of rotatable bonds is 8. The lowest BCUT2D eigenvalue weighted by atomic mass is 10.2. The second-order valence-corrected chi connectivity index (χ2v) is 6.23. The van der Waals surface area contributed by atoms with Gasteiger partial charge in [-0.1, -0.05) is 30.3 Å². The summed E-state index contributed by atoms with van der Waals surface area (Å²) < 4.78 is 17.4. The van der Waals surface area contributed by atoms with Crippen LogP contribution >= 0.6 is 0 Å². The Morgan fingerprint density at radius 2 is 1.28 bits per heavy atom. The summed E-state index contributed by atoms with van der Waals surface area (Å²) in [6.07, 6.45) is 0. The normalized spacial score (nSPS) is 11.1. The molecule has 1 aromatic carbocycles. The molecule has 0 heterocycles. The molecule has 0 saturated carbocycles. The van der Waals surface area contributed by atoms with E-state index in [2.05, 4.69) is 12.1 Å². The molecule has 0 aliphatic rings. The summed E-state index contributed by atoms with van der Waals surface area (Å²) in [5.41, 5.74) is 1.20. The molecule has 0 saturated heterocycles. The van der Waals surface area contributed by atoms with Crippen LogP contribution in [0.5, 0.6) is 0 Å². The van der Waals surface area contributed by atoms with Gasteiger partial charge in [0.15, 0.2) is 0 Å². The fourth-order valence-corrected chi connectivity index (χ4v) is 4.40. The van der Waals surface area contributed by atoms with Gasteiger partial charge in [-0.25, -0.2) is 0 Å². The van der Waals surface area contributed by atoms with E-state index in [0.29, 0.717) is 19.8 Å². The summed E-state index contributed by atoms with van der Waals surface area (Å²) >= 11 is 0. The molecule has 0 fully saturated rings. The summed E-state index contributed by atoms with van der Waals surface area (Å²) in [7, 11) is -2.54. The SMILES string of the molecule is CCO[Si](Cc1ccccc1)(OCC)OCC.[SiH4]. The van der Waals surface area contributed by atoms with Crippen LogP contribution < -0.4 is 0 Å². The lowest BCUT2D eigenvalue weighted by molar-refractivity contribution is 0.0704. The number of hydrogen-bond acceptors (Lipinski definition) is 3. The van der Waals surface area contributed by atoms with E-state index < -0.39 is 8.80 Å². The summed E-state index contributed by atoms with van der Waals surface area (Å²) in [5, 5.41) is 0. The molecule has 3 nitrogen and oxygen atoms in total. The molecule has 0 aliphatic carbocycles. The molecule has 0 amide bonds. The van der Waals surface area contributed by atoms with E-state index in [1.807, 2.05) is 39.0 Å². The van der Waals surface area contributed by atoms with Gasteiger partial charge in [0.2, 0.25) is 0 Å². The van der Waals surface area contributed by atoms with Gasteiger partial charge in [-0.05, 0) is 37.3 Å². The Balaban J connectivity index is 0.00000289. The van der Waals surface area contributed by atoms with Gasteiger partial charge in [-0.3, -0.25) is 0 Å². The highest BCUT2D eigenvalue weighted by atomic mass is 28.4. The van der Waals surface area contributed by atoms with Gasteiger partial charge >= 0.3 is 8.80 Å². The minimum absolute atomic E-state index is 0. The Morgan fingerprint density at radius 3 is 1.67 bits per heavy atom. The van der Waals surface area contributed by atoms with E-state index in [-0.39, 0.29) is 11.0 Å². The molecule has 0 atom stereocenters. The monoisotopic (exact) mass is 286 g/mol. The zero-order chi connectivity index (χ0) is 12.6. The fourth-order valence-electron chi connectivity index (χ4n) is 1.78. The third-order valence-corrected chi connectivity index (χ3v) is 5.38. The molecule has 0 radical (unpaired) electrons. The molecule has 0 spiro atoms. The maximum Gasteiger partial charge on any atom is 0.505 e. The first-order valence-corrected chi connectivity index (χ1v) is 8.15.